The van der Waals surface area contributed by atoms with Gasteiger partial charge in [-0.05, 0) is 151 Å². The third-order valence-corrected chi connectivity index (χ3v) is 20.0. The molecule has 2 saturated carbocycles. The number of aromatic amines is 1. The molecule has 7 aliphatic rings. The predicted octanol–water partition coefficient (Wildman–Crippen LogP) is 8.95. The predicted molar refractivity (Wildman–Crippen MR) is 306 cm³/mol. The number of hydrogen-bond donors (Lipinski definition) is 4. The lowest BCUT2D eigenvalue weighted by Gasteiger charge is -2.59. The summed E-state index contributed by atoms with van der Waals surface area (Å²) < 4.78 is 55.7. The molecule has 428 valence electrons. The van der Waals surface area contributed by atoms with E-state index in [0.29, 0.717) is 79.9 Å². The number of fused-ring (bicyclic) bond motifs is 3. The molecule has 7 heterocycles. The molecule has 2 aromatic heterocycles. The van der Waals surface area contributed by atoms with Gasteiger partial charge >= 0.3 is 0 Å². The van der Waals surface area contributed by atoms with Gasteiger partial charge in [-0.3, -0.25) is 24.7 Å². The van der Waals surface area contributed by atoms with E-state index in [9.17, 15) is 28.4 Å². The highest BCUT2D eigenvalue weighted by Crippen LogP contribution is 2.54. The molecule has 5 aliphatic heterocycles. The van der Waals surface area contributed by atoms with Crippen LogP contribution >= 0.6 is 0 Å². The molecule has 3 aromatic carbocycles. The second kappa shape index (κ2) is 22.0. The quantitative estimate of drug-likeness (QED) is 0.0603. The third kappa shape index (κ3) is 10.9. The van der Waals surface area contributed by atoms with Gasteiger partial charge in [-0.25, -0.2) is 13.1 Å². The number of nitro benzene ring substituents is 1. The van der Waals surface area contributed by atoms with Crippen molar-refractivity contribution in [3.63, 3.8) is 0 Å². The SMILES string of the molecule is CC(C)Oc1ccccc1[C@@H]1CN([C@H]2CCOC[C@@H]2C)CCN1C1CC2(CCN(c3ccc(C(=O)NS(=O)(=O)c4ccc(NC[C@H]5CC[C@](C)(O)CC5)c([N+](=O)[O-])c4)c(N4c5cc6cc[nH]c6nc5O[C@H]5COCC[C@@H]54)c3)CC2)C1. The minimum atomic E-state index is -4.64. The molecule has 0 unspecified atom stereocenters. The van der Waals surface area contributed by atoms with Crippen LogP contribution in [0.3, 0.4) is 0 Å². The number of sulfonamides is 1. The number of ether oxygens (including phenoxy) is 4. The van der Waals surface area contributed by atoms with E-state index < -0.39 is 43.1 Å². The number of pyridine rings is 1. The van der Waals surface area contributed by atoms with E-state index in [2.05, 4.69) is 79.7 Å². The van der Waals surface area contributed by atoms with Crippen LogP contribution in [0, 0.1) is 27.4 Å². The van der Waals surface area contributed by atoms with Crippen molar-refractivity contribution in [2.24, 2.45) is 17.3 Å². The van der Waals surface area contributed by atoms with Gasteiger partial charge in [0, 0.05) is 93.5 Å². The van der Waals surface area contributed by atoms with E-state index in [1.54, 1.807) is 6.07 Å². The van der Waals surface area contributed by atoms with E-state index in [0.717, 1.165) is 114 Å². The van der Waals surface area contributed by atoms with Crippen LogP contribution in [0.5, 0.6) is 11.6 Å². The first kappa shape index (κ1) is 54.6. The van der Waals surface area contributed by atoms with Gasteiger partial charge in [-0.1, -0.05) is 25.1 Å². The standard InChI is InChI=1S/C60H77N9O10S/c1-38(2)78-54-8-6-5-7-45(54)53-35-66(48-16-27-76-36-39(48)3)25-26-67(53)43-32-60(33-43)20-23-65(24-21-60)42-9-11-46(50(30-42)68-49-17-28-77-37-55(49)79-58-52(68)29-41-15-22-61-56(41)63-58)57(70)64-80(74,75)44-10-12-47(51(31-44)69(72)73)62-34-40-13-18-59(4,71)19-14-40/h5-12,15,22,29-31,38-40,43,48-49,53,55,62,71H,13-14,16-21,23-28,32-37H2,1-4H3,(H,61,63)(H,64,70)/t39-,40-,48-,49-,53-,55-,59-/m0/s1. The number of carbonyl (C=O) groups is 1. The number of nitrogens with zero attached hydrogens (tertiary/aromatic N) is 6. The smallest absolute Gasteiger partial charge is 0.293 e. The van der Waals surface area contributed by atoms with Crippen LogP contribution in [0.25, 0.3) is 11.0 Å². The van der Waals surface area contributed by atoms with Gasteiger partial charge in [0.25, 0.3) is 21.6 Å². The highest BCUT2D eigenvalue weighted by Gasteiger charge is 2.51. The van der Waals surface area contributed by atoms with E-state index in [-0.39, 0.29) is 40.8 Å². The molecule has 0 radical (unpaired) electrons. The highest BCUT2D eigenvalue weighted by atomic mass is 32.2. The molecule has 6 fully saturated rings. The Bertz CT molecular complexity index is 3200. The van der Waals surface area contributed by atoms with Crippen LogP contribution in [0.1, 0.15) is 114 Å². The molecular formula is C60H77N9O10S. The fourth-order valence-corrected chi connectivity index (χ4v) is 15.2. The lowest BCUT2D eigenvalue weighted by atomic mass is 9.59. The molecule has 80 heavy (non-hydrogen) atoms. The molecule has 4 saturated heterocycles. The molecule has 19 nitrogen and oxygen atoms in total. The lowest BCUT2D eigenvalue weighted by Crippen LogP contribution is -2.61. The zero-order chi connectivity index (χ0) is 55.5. The molecule has 4 N–H and O–H groups in total. The number of piperazine rings is 1. The summed E-state index contributed by atoms with van der Waals surface area (Å²) in [5.74, 6) is 1.13. The molecule has 20 heteroatoms. The van der Waals surface area contributed by atoms with E-state index in [4.69, 9.17) is 23.9 Å². The topological polar surface area (TPSA) is 217 Å². The van der Waals surface area contributed by atoms with Crippen molar-refractivity contribution in [2.45, 2.75) is 139 Å². The summed E-state index contributed by atoms with van der Waals surface area (Å²) in [7, 11) is -4.64. The van der Waals surface area contributed by atoms with Crippen LogP contribution < -0.4 is 29.3 Å². The van der Waals surface area contributed by atoms with E-state index in [1.807, 2.05) is 37.4 Å². The number of para-hydroxylation sites is 1. The average molecular weight is 1120 g/mol. The summed E-state index contributed by atoms with van der Waals surface area (Å²) in [5.41, 5.74) is 3.31. The number of aromatic nitrogens is 2. The van der Waals surface area contributed by atoms with Crippen LogP contribution in [0.4, 0.5) is 28.4 Å². The van der Waals surface area contributed by atoms with Crippen LogP contribution in [0.2, 0.25) is 0 Å². The van der Waals surface area contributed by atoms with Gasteiger partial charge in [-0.15, -0.1) is 0 Å². The maximum absolute atomic E-state index is 14.8. The Morgan fingerprint density at radius 1 is 0.925 bits per heavy atom. The van der Waals surface area contributed by atoms with Gasteiger partial charge < -0.3 is 44.2 Å². The molecule has 5 aromatic rings. The Hall–Kier alpha value is -6.03. The zero-order valence-electron chi connectivity index (χ0n) is 46.5. The fraction of sp³-hybridized carbons (Fsp3) is 0.567. The highest BCUT2D eigenvalue weighted by molar-refractivity contribution is 7.90. The summed E-state index contributed by atoms with van der Waals surface area (Å²) in [4.78, 5) is 44.3. The summed E-state index contributed by atoms with van der Waals surface area (Å²) in [6.07, 6.45) is 10.1. The molecule has 5 atom stereocenters. The Kier molecular flexibility index (Phi) is 15.0. The molecule has 2 aliphatic carbocycles. The number of H-pyrrole nitrogens is 1. The average Bonchev–Trinajstić information content (AvgIpc) is 3.91. The number of nitro groups is 1. The number of benzene rings is 3. The Morgan fingerprint density at radius 2 is 1.69 bits per heavy atom. The number of rotatable bonds is 14. The van der Waals surface area contributed by atoms with Gasteiger partial charge in [0.05, 0.1) is 58.1 Å². The van der Waals surface area contributed by atoms with E-state index in [1.165, 1.54) is 17.7 Å². The fourth-order valence-electron chi connectivity index (χ4n) is 14.2. The Balaban J connectivity index is 0.804. The normalized spacial score (nSPS) is 27.5. The minimum Gasteiger partial charge on any atom is -0.491 e. The van der Waals surface area contributed by atoms with Crippen LogP contribution in [0.15, 0.2) is 83.9 Å². The van der Waals surface area contributed by atoms with Crippen molar-refractivity contribution in [1.82, 2.24) is 24.5 Å². The first-order valence-corrected chi connectivity index (χ1v) is 30.5. The lowest BCUT2D eigenvalue weighted by molar-refractivity contribution is -0.384. The maximum Gasteiger partial charge on any atom is 0.293 e. The zero-order valence-corrected chi connectivity index (χ0v) is 47.3. The summed E-state index contributed by atoms with van der Waals surface area (Å²) in [6.45, 7) is 15.8. The number of anilines is 4. The molecule has 1 amide bonds. The third-order valence-electron chi connectivity index (χ3n) is 18.7. The van der Waals surface area contributed by atoms with Gasteiger partial charge in [-0.2, -0.15) is 4.98 Å². The summed E-state index contributed by atoms with van der Waals surface area (Å²) in [6, 6.07) is 22.7. The number of aliphatic hydroxyl groups is 1. The number of hydrogen-bond acceptors (Lipinski definition) is 16. The van der Waals surface area contributed by atoms with Gasteiger partial charge in [0.1, 0.15) is 28.9 Å². The van der Waals surface area contributed by atoms with Crippen molar-refractivity contribution in [2.75, 3.05) is 80.8 Å². The van der Waals surface area contributed by atoms with E-state index >= 15 is 0 Å². The molecule has 12 rings (SSSR count). The number of nitrogens with one attached hydrogen (secondary N) is 3. The second-order valence-electron chi connectivity index (χ2n) is 24.5. The summed E-state index contributed by atoms with van der Waals surface area (Å²) in [5, 5.41) is 26.9. The van der Waals surface area contributed by atoms with Crippen molar-refractivity contribution >= 4 is 55.4 Å². The molecule has 0 bridgehead atoms. The van der Waals surface area contributed by atoms with Crippen molar-refractivity contribution in [1.29, 1.82) is 0 Å². The van der Waals surface area contributed by atoms with Crippen molar-refractivity contribution in [3.8, 4) is 11.6 Å². The number of carbonyl (C=O) groups excluding carboxylic acids is 1. The van der Waals surface area contributed by atoms with Crippen molar-refractivity contribution in [3.05, 3.63) is 100 Å². The largest absolute Gasteiger partial charge is 0.491 e. The van der Waals surface area contributed by atoms with Crippen LogP contribution in [-0.4, -0.2) is 146 Å². The summed E-state index contributed by atoms with van der Waals surface area (Å²) >= 11 is 0. The van der Waals surface area contributed by atoms with Crippen LogP contribution in [-0.2, 0) is 19.5 Å². The maximum atomic E-state index is 14.8. The Labute approximate surface area is 468 Å². The number of piperidine rings is 1. The molecular weight excluding hydrogens is 1040 g/mol. The van der Waals surface area contributed by atoms with Crippen molar-refractivity contribution < 1.29 is 42.2 Å². The molecule has 1 spiro atoms. The minimum absolute atomic E-state index is 0.0670. The number of amides is 1. The first-order valence-electron chi connectivity index (χ1n) is 29.1. The Morgan fingerprint density at radius 3 is 2.45 bits per heavy atom. The van der Waals surface area contributed by atoms with Gasteiger partial charge in [0.2, 0.25) is 5.88 Å². The first-order chi connectivity index (χ1) is 38.5. The monoisotopic (exact) mass is 1120 g/mol. The van der Waals surface area contributed by atoms with Gasteiger partial charge in [0.15, 0.2) is 0 Å². The second-order valence-corrected chi connectivity index (χ2v) is 26.2.